The average molecular weight is 490 g/mol. The van der Waals surface area contributed by atoms with Gasteiger partial charge in [-0.1, -0.05) is 0 Å². The summed E-state index contributed by atoms with van der Waals surface area (Å²) in [5.41, 5.74) is 11.1. The summed E-state index contributed by atoms with van der Waals surface area (Å²) >= 11 is 1.46. The third-order valence-corrected chi connectivity index (χ3v) is 6.00. The lowest BCUT2D eigenvalue weighted by molar-refractivity contribution is -0.145. The summed E-state index contributed by atoms with van der Waals surface area (Å²) in [6, 6.07) is -4.23. The van der Waals surface area contributed by atoms with E-state index < -0.39 is 60.2 Å². The molecule has 1 aliphatic rings. The Labute approximate surface area is 197 Å². The minimum atomic E-state index is -1.32. The molecule has 0 saturated carbocycles. The number of hydrogen-bond donors (Lipinski definition) is 6. The van der Waals surface area contributed by atoms with Crippen LogP contribution in [0.1, 0.15) is 44.9 Å². The minimum Gasteiger partial charge on any atom is -0.481 e. The molecule has 0 aromatic carbocycles. The number of carbonyl (C=O) groups is 5. The molecule has 0 aliphatic carbocycles. The number of nitrogens with two attached hydrogens (primary N) is 2. The van der Waals surface area contributed by atoms with Crippen LogP contribution in [-0.4, -0.2) is 94.0 Å². The fourth-order valence-corrected chi connectivity index (χ4v) is 4.05. The summed E-state index contributed by atoms with van der Waals surface area (Å²) < 4.78 is 0. The Balaban J connectivity index is 2.92. The lowest BCUT2D eigenvalue weighted by Gasteiger charge is -2.30. The average Bonchev–Trinajstić information content (AvgIpc) is 3.24. The molecule has 33 heavy (non-hydrogen) atoms. The van der Waals surface area contributed by atoms with Gasteiger partial charge >= 0.3 is 11.9 Å². The first-order valence-electron chi connectivity index (χ1n) is 10.9. The standard InChI is InChI=1S/C20H35N5O7S/c1-33-10-7-14(20(31)32)24-18(29)15-6-4-9-25(15)19(30)13(5-2-3-8-21)23-17(28)12(22)11-16(26)27/h12-15H,2-11,21-22H2,1H3,(H,23,28)(H,24,29)(H,26,27)(H,31,32). The van der Waals surface area contributed by atoms with Crippen LogP contribution in [0.4, 0.5) is 0 Å². The van der Waals surface area contributed by atoms with Crippen molar-refractivity contribution in [1.29, 1.82) is 0 Å². The second-order valence-electron chi connectivity index (χ2n) is 7.92. The first kappa shape index (κ1) is 28.7. The van der Waals surface area contributed by atoms with Crippen molar-refractivity contribution in [3.63, 3.8) is 0 Å². The fraction of sp³-hybridized carbons (Fsp3) is 0.750. The second kappa shape index (κ2) is 14.7. The van der Waals surface area contributed by atoms with Crippen molar-refractivity contribution in [2.24, 2.45) is 11.5 Å². The summed E-state index contributed by atoms with van der Waals surface area (Å²) in [5.74, 6) is -3.65. The van der Waals surface area contributed by atoms with E-state index in [0.717, 1.165) is 0 Å². The van der Waals surface area contributed by atoms with Crippen molar-refractivity contribution in [1.82, 2.24) is 15.5 Å². The molecule has 12 nitrogen and oxygen atoms in total. The molecule has 0 bridgehead atoms. The van der Waals surface area contributed by atoms with Gasteiger partial charge in [0.2, 0.25) is 17.7 Å². The smallest absolute Gasteiger partial charge is 0.326 e. The van der Waals surface area contributed by atoms with Gasteiger partial charge in [-0.2, -0.15) is 11.8 Å². The topological polar surface area (TPSA) is 205 Å². The van der Waals surface area contributed by atoms with Crippen LogP contribution in [0.3, 0.4) is 0 Å². The molecule has 4 unspecified atom stereocenters. The van der Waals surface area contributed by atoms with Gasteiger partial charge in [0.15, 0.2) is 0 Å². The third kappa shape index (κ3) is 9.56. The number of aliphatic carboxylic acids is 2. The van der Waals surface area contributed by atoms with Crippen LogP contribution in [0.5, 0.6) is 0 Å². The number of hydrogen-bond acceptors (Lipinski definition) is 8. The summed E-state index contributed by atoms with van der Waals surface area (Å²) in [7, 11) is 0. The van der Waals surface area contributed by atoms with E-state index >= 15 is 0 Å². The van der Waals surface area contributed by atoms with Crippen LogP contribution in [0, 0.1) is 0 Å². The molecule has 13 heteroatoms. The van der Waals surface area contributed by atoms with Crippen LogP contribution in [0.25, 0.3) is 0 Å². The first-order valence-corrected chi connectivity index (χ1v) is 12.3. The SMILES string of the molecule is CSCCC(NC(=O)C1CCCN1C(=O)C(CCCCN)NC(=O)C(N)CC(=O)O)C(=O)O. The predicted molar refractivity (Wildman–Crippen MR) is 122 cm³/mol. The van der Waals surface area contributed by atoms with E-state index in [-0.39, 0.29) is 19.4 Å². The molecule has 1 aliphatic heterocycles. The number of nitrogens with one attached hydrogen (secondary N) is 2. The summed E-state index contributed by atoms with van der Waals surface area (Å²) in [4.78, 5) is 62.0. The zero-order valence-corrected chi connectivity index (χ0v) is 19.6. The zero-order chi connectivity index (χ0) is 25.0. The van der Waals surface area contributed by atoms with E-state index in [1.807, 2.05) is 6.26 Å². The molecule has 1 fully saturated rings. The Morgan fingerprint density at radius 3 is 2.36 bits per heavy atom. The van der Waals surface area contributed by atoms with Crippen LogP contribution in [0.15, 0.2) is 0 Å². The Bertz CT molecular complexity index is 708. The van der Waals surface area contributed by atoms with Gasteiger partial charge in [-0.05, 0) is 57.1 Å². The third-order valence-electron chi connectivity index (χ3n) is 5.36. The van der Waals surface area contributed by atoms with Gasteiger partial charge in [0.05, 0.1) is 12.5 Å². The highest BCUT2D eigenvalue weighted by Crippen LogP contribution is 2.20. The van der Waals surface area contributed by atoms with Gasteiger partial charge in [0.25, 0.3) is 0 Å². The van der Waals surface area contributed by atoms with Gasteiger partial charge in [0, 0.05) is 6.54 Å². The minimum absolute atomic E-state index is 0.248. The maximum atomic E-state index is 13.2. The molecule has 0 radical (unpaired) electrons. The van der Waals surface area contributed by atoms with Gasteiger partial charge < -0.3 is 37.2 Å². The van der Waals surface area contributed by atoms with Crippen molar-refractivity contribution in [2.75, 3.05) is 25.1 Å². The quantitative estimate of drug-likeness (QED) is 0.150. The number of nitrogens with zero attached hydrogens (tertiary/aromatic N) is 1. The van der Waals surface area contributed by atoms with Crippen LogP contribution in [-0.2, 0) is 24.0 Å². The van der Waals surface area contributed by atoms with Crippen molar-refractivity contribution in [3.05, 3.63) is 0 Å². The molecule has 3 amide bonds. The summed E-state index contributed by atoms with van der Waals surface area (Å²) in [6.07, 6.45) is 3.81. The van der Waals surface area contributed by atoms with E-state index in [2.05, 4.69) is 10.6 Å². The molecular formula is C20H35N5O7S. The molecule has 1 saturated heterocycles. The van der Waals surface area contributed by atoms with E-state index in [9.17, 15) is 29.1 Å². The molecule has 1 rings (SSSR count). The van der Waals surface area contributed by atoms with Crippen molar-refractivity contribution in [3.8, 4) is 0 Å². The van der Waals surface area contributed by atoms with E-state index in [4.69, 9.17) is 16.6 Å². The predicted octanol–water partition coefficient (Wildman–Crippen LogP) is -1.28. The Morgan fingerprint density at radius 2 is 1.79 bits per heavy atom. The summed E-state index contributed by atoms with van der Waals surface area (Å²) in [5, 5.41) is 23.3. The van der Waals surface area contributed by atoms with Crippen LogP contribution in [0.2, 0.25) is 0 Å². The van der Waals surface area contributed by atoms with Crippen molar-refractivity contribution >= 4 is 41.4 Å². The van der Waals surface area contributed by atoms with E-state index in [0.29, 0.717) is 38.0 Å². The molecule has 0 aromatic rings. The number of carbonyl (C=O) groups excluding carboxylic acids is 3. The highest BCUT2D eigenvalue weighted by molar-refractivity contribution is 7.98. The summed E-state index contributed by atoms with van der Waals surface area (Å²) in [6.45, 7) is 0.679. The molecule has 0 spiro atoms. The largest absolute Gasteiger partial charge is 0.481 e. The molecule has 4 atom stereocenters. The van der Waals surface area contributed by atoms with Gasteiger partial charge in [-0.15, -0.1) is 0 Å². The molecule has 8 N–H and O–H groups in total. The molecule has 188 valence electrons. The number of likely N-dealkylation sites (tertiary alicyclic amines) is 1. The van der Waals surface area contributed by atoms with Gasteiger partial charge in [-0.3, -0.25) is 19.2 Å². The zero-order valence-electron chi connectivity index (χ0n) is 18.8. The first-order chi connectivity index (χ1) is 15.6. The number of rotatable bonds is 15. The Kier molecular flexibility index (Phi) is 12.8. The molecule has 0 aromatic heterocycles. The highest BCUT2D eigenvalue weighted by atomic mass is 32.2. The number of thioether (sulfide) groups is 1. The van der Waals surface area contributed by atoms with Crippen LogP contribution < -0.4 is 22.1 Å². The monoisotopic (exact) mass is 489 g/mol. The lowest BCUT2D eigenvalue weighted by Crippen LogP contribution is -2.57. The number of carboxylic acid groups (broad SMARTS) is 2. The fourth-order valence-electron chi connectivity index (χ4n) is 3.57. The Hall–Kier alpha value is -2.38. The molecule has 1 heterocycles. The second-order valence-corrected chi connectivity index (χ2v) is 8.91. The van der Waals surface area contributed by atoms with E-state index in [1.165, 1.54) is 16.7 Å². The normalized spacial score (nSPS) is 18.3. The lowest BCUT2D eigenvalue weighted by atomic mass is 10.1. The van der Waals surface area contributed by atoms with E-state index in [1.54, 1.807) is 0 Å². The van der Waals surface area contributed by atoms with Crippen LogP contribution >= 0.6 is 11.8 Å². The highest BCUT2D eigenvalue weighted by Gasteiger charge is 2.39. The number of amides is 3. The Morgan fingerprint density at radius 1 is 1.09 bits per heavy atom. The number of carboxylic acids is 2. The van der Waals surface area contributed by atoms with Gasteiger partial charge in [-0.25, -0.2) is 4.79 Å². The van der Waals surface area contributed by atoms with Crippen molar-refractivity contribution in [2.45, 2.75) is 69.1 Å². The maximum Gasteiger partial charge on any atom is 0.326 e. The number of unbranched alkanes of at least 4 members (excludes halogenated alkanes) is 1. The molecular weight excluding hydrogens is 454 g/mol. The van der Waals surface area contributed by atoms with Gasteiger partial charge in [0.1, 0.15) is 18.1 Å². The maximum absolute atomic E-state index is 13.2. The van der Waals surface area contributed by atoms with Crippen molar-refractivity contribution < 1.29 is 34.2 Å².